The summed E-state index contributed by atoms with van der Waals surface area (Å²) >= 11 is 5.22. The average molecular weight is 218 g/mol. The Kier molecular flexibility index (Phi) is 3.30. The number of hydrogen-bond donors (Lipinski definition) is 0. The third-order valence-corrected chi connectivity index (χ3v) is 2.04. The number of halogens is 2. The molecule has 3 nitrogen and oxygen atoms in total. The Morgan fingerprint density at radius 1 is 1.57 bits per heavy atom. The maximum absolute atomic E-state index is 13.2. The van der Waals surface area contributed by atoms with E-state index in [9.17, 15) is 9.18 Å². The van der Waals surface area contributed by atoms with Gasteiger partial charge in [-0.05, 0) is 23.7 Å². The van der Waals surface area contributed by atoms with Crippen molar-refractivity contribution >= 4 is 22.7 Å². The zero-order chi connectivity index (χ0) is 10.7. The zero-order valence-corrected chi connectivity index (χ0v) is 8.51. The molecule has 1 aromatic rings. The van der Waals surface area contributed by atoms with Crippen LogP contribution in [0.4, 0.5) is 14.9 Å². The van der Waals surface area contributed by atoms with Crippen molar-refractivity contribution in [1.82, 2.24) is 0 Å². The number of amides is 1. The van der Waals surface area contributed by atoms with E-state index in [2.05, 4.69) is 0 Å². The molecule has 0 spiro atoms. The molecule has 1 rings (SSSR count). The van der Waals surface area contributed by atoms with E-state index in [4.69, 9.17) is 16.3 Å². The Morgan fingerprint density at radius 2 is 2.21 bits per heavy atom. The highest BCUT2D eigenvalue weighted by atomic mass is 35.5. The standard InChI is InChI=1S/C9H9ClFNO2/c1-12(9(10)13)6-3-4-8(14-2)7(11)5-6/h3-5H,1-2H3. The van der Waals surface area contributed by atoms with E-state index in [1.165, 1.54) is 26.3 Å². The number of rotatable bonds is 2. The van der Waals surface area contributed by atoms with Crippen molar-refractivity contribution in [3.8, 4) is 5.75 Å². The SMILES string of the molecule is COc1ccc(N(C)C(=O)Cl)cc1F. The molecule has 1 amide bonds. The van der Waals surface area contributed by atoms with Crippen molar-refractivity contribution in [1.29, 1.82) is 0 Å². The van der Waals surface area contributed by atoms with Gasteiger partial charge >= 0.3 is 5.37 Å². The van der Waals surface area contributed by atoms with Crippen molar-refractivity contribution in [2.45, 2.75) is 0 Å². The fraction of sp³-hybridized carbons (Fsp3) is 0.222. The third kappa shape index (κ3) is 2.14. The fourth-order valence-electron chi connectivity index (χ4n) is 0.965. The van der Waals surface area contributed by atoms with Crippen LogP contribution in [0.25, 0.3) is 0 Å². The molecule has 0 atom stereocenters. The molecule has 0 aliphatic rings. The Hall–Kier alpha value is -1.29. The summed E-state index contributed by atoms with van der Waals surface area (Å²) in [5, 5.41) is -0.672. The van der Waals surface area contributed by atoms with E-state index in [1.54, 1.807) is 6.07 Å². The predicted molar refractivity (Wildman–Crippen MR) is 52.6 cm³/mol. The van der Waals surface area contributed by atoms with Crippen LogP contribution in [-0.4, -0.2) is 19.5 Å². The highest BCUT2D eigenvalue weighted by Crippen LogP contribution is 2.23. The van der Waals surface area contributed by atoms with Crippen LogP contribution < -0.4 is 9.64 Å². The molecule has 0 aliphatic carbocycles. The summed E-state index contributed by atoms with van der Waals surface area (Å²) in [7, 11) is 2.82. The van der Waals surface area contributed by atoms with E-state index in [0.717, 1.165) is 4.90 Å². The van der Waals surface area contributed by atoms with Gasteiger partial charge in [0, 0.05) is 18.8 Å². The first-order valence-electron chi connectivity index (χ1n) is 3.83. The quantitative estimate of drug-likeness (QED) is 0.563. The lowest BCUT2D eigenvalue weighted by molar-refractivity contribution is 0.265. The van der Waals surface area contributed by atoms with Crippen LogP contribution in [0.3, 0.4) is 0 Å². The van der Waals surface area contributed by atoms with Crippen LogP contribution in [0.1, 0.15) is 0 Å². The zero-order valence-electron chi connectivity index (χ0n) is 7.75. The van der Waals surface area contributed by atoms with E-state index in [-0.39, 0.29) is 5.75 Å². The van der Waals surface area contributed by atoms with Crippen molar-refractivity contribution in [2.24, 2.45) is 0 Å². The minimum absolute atomic E-state index is 0.129. The number of carbonyl (C=O) groups excluding carboxylic acids is 1. The van der Waals surface area contributed by atoms with Gasteiger partial charge in [0.2, 0.25) is 0 Å². The lowest BCUT2D eigenvalue weighted by Crippen LogP contribution is -2.19. The molecule has 0 unspecified atom stereocenters. The number of hydrogen-bond acceptors (Lipinski definition) is 2. The lowest BCUT2D eigenvalue weighted by Gasteiger charge is -2.13. The molecule has 5 heteroatoms. The van der Waals surface area contributed by atoms with Gasteiger partial charge in [0.15, 0.2) is 11.6 Å². The maximum atomic E-state index is 13.2. The van der Waals surface area contributed by atoms with Gasteiger partial charge in [-0.25, -0.2) is 4.39 Å². The van der Waals surface area contributed by atoms with Crippen molar-refractivity contribution in [2.75, 3.05) is 19.1 Å². The van der Waals surface area contributed by atoms with E-state index >= 15 is 0 Å². The number of ether oxygens (including phenoxy) is 1. The fourth-order valence-corrected chi connectivity index (χ4v) is 1.06. The average Bonchev–Trinajstić information content (AvgIpc) is 2.16. The molecule has 0 aromatic heterocycles. The molecule has 76 valence electrons. The number of nitrogens with zero attached hydrogens (tertiary/aromatic N) is 1. The molecular formula is C9H9ClFNO2. The molecule has 0 heterocycles. The molecule has 0 N–H and O–H groups in total. The minimum atomic E-state index is -0.672. The largest absolute Gasteiger partial charge is 0.494 e. The van der Waals surface area contributed by atoms with Gasteiger partial charge in [0.1, 0.15) is 0 Å². The normalized spacial score (nSPS) is 9.71. The smallest absolute Gasteiger partial charge is 0.320 e. The number of carbonyl (C=O) groups is 1. The molecular weight excluding hydrogens is 209 g/mol. The molecule has 0 aliphatic heterocycles. The van der Waals surface area contributed by atoms with Gasteiger partial charge in [0.05, 0.1) is 7.11 Å². The second kappa shape index (κ2) is 4.28. The van der Waals surface area contributed by atoms with Crippen LogP contribution in [-0.2, 0) is 0 Å². The molecule has 0 saturated heterocycles. The molecule has 1 aromatic carbocycles. The molecule has 14 heavy (non-hydrogen) atoms. The summed E-state index contributed by atoms with van der Waals surface area (Å²) in [6.07, 6.45) is 0. The van der Waals surface area contributed by atoms with E-state index in [0.29, 0.717) is 5.69 Å². The Labute approximate surface area is 86.0 Å². The first kappa shape index (κ1) is 10.8. The number of benzene rings is 1. The maximum Gasteiger partial charge on any atom is 0.320 e. The minimum Gasteiger partial charge on any atom is -0.494 e. The van der Waals surface area contributed by atoms with Crippen LogP contribution in [0.5, 0.6) is 5.75 Å². The van der Waals surface area contributed by atoms with E-state index < -0.39 is 11.2 Å². The first-order chi connectivity index (χ1) is 6.56. The van der Waals surface area contributed by atoms with Gasteiger partial charge in [0.25, 0.3) is 0 Å². The summed E-state index contributed by atoms with van der Waals surface area (Å²) in [4.78, 5) is 11.9. The van der Waals surface area contributed by atoms with Gasteiger partial charge < -0.3 is 9.64 Å². The van der Waals surface area contributed by atoms with Crippen LogP contribution >= 0.6 is 11.6 Å². The van der Waals surface area contributed by atoms with Crippen LogP contribution in [0, 0.1) is 5.82 Å². The van der Waals surface area contributed by atoms with Gasteiger partial charge in [-0.2, -0.15) is 0 Å². The van der Waals surface area contributed by atoms with E-state index in [1.807, 2.05) is 0 Å². The predicted octanol–water partition coefficient (Wildman–Crippen LogP) is 2.63. The second-order valence-corrected chi connectivity index (χ2v) is 2.95. The van der Waals surface area contributed by atoms with Crippen molar-refractivity contribution in [3.05, 3.63) is 24.0 Å². The highest BCUT2D eigenvalue weighted by Gasteiger charge is 2.10. The topological polar surface area (TPSA) is 29.5 Å². The summed E-state index contributed by atoms with van der Waals surface area (Å²) in [5.41, 5.74) is 0.378. The molecule has 0 bridgehead atoms. The summed E-state index contributed by atoms with van der Waals surface area (Å²) in [5.74, 6) is -0.404. The Morgan fingerprint density at radius 3 is 2.64 bits per heavy atom. The van der Waals surface area contributed by atoms with Gasteiger partial charge in [-0.15, -0.1) is 0 Å². The second-order valence-electron chi connectivity index (χ2n) is 2.63. The number of methoxy groups -OCH3 is 1. The highest BCUT2D eigenvalue weighted by molar-refractivity contribution is 6.66. The monoisotopic (exact) mass is 217 g/mol. The number of anilines is 1. The van der Waals surface area contributed by atoms with Crippen LogP contribution in [0.15, 0.2) is 18.2 Å². The summed E-state index contributed by atoms with van der Waals surface area (Å²) < 4.78 is 17.9. The Bertz CT molecular complexity index is 357. The van der Waals surface area contributed by atoms with Gasteiger partial charge in [-0.3, -0.25) is 4.79 Å². The van der Waals surface area contributed by atoms with Crippen LogP contribution in [0.2, 0.25) is 0 Å². The molecule has 0 fully saturated rings. The van der Waals surface area contributed by atoms with Crippen molar-refractivity contribution < 1.29 is 13.9 Å². The first-order valence-corrected chi connectivity index (χ1v) is 4.20. The van der Waals surface area contributed by atoms with Crippen molar-refractivity contribution in [3.63, 3.8) is 0 Å². The summed E-state index contributed by atoms with van der Waals surface area (Å²) in [6, 6.07) is 4.16. The molecule has 0 radical (unpaired) electrons. The Balaban J connectivity index is 3.02. The summed E-state index contributed by atoms with van der Waals surface area (Å²) in [6.45, 7) is 0. The lowest BCUT2D eigenvalue weighted by atomic mass is 10.3. The third-order valence-electron chi connectivity index (χ3n) is 1.79. The van der Waals surface area contributed by atoms with Gasteiger partial charge in [-0.1, -0.05) is 0 Å². The molecule has 0 saturated carbocycles.